The second-order valence-electron chi connectivity index (χ2n) is 4.42. The Hall–Kier alpha value is 0.01000. The number of thiophene rings is 1. The molecule has 0 aromatic carbocycles. The summed E-state index contributed by atoms with van der Waals surface area (Å²) in [7, 11) is 0. The van der Waals surface area contributed by atoms with E-state index in [1.807, 2.05) is 23.1 Å². The van der Waals surface area contributed by atoms with Gasteiger partial charge in [-0.05, 0) is 48.9 Å². The van der Waals surface area contributed by atoms with Crippen molar-refractivity contribution < 1.29 is 0 Å². The van der Waals surface area contributed by atoms with Crippen molar-refractivity contribution in [3.63, 3.8) is 0 Å². The van der Waals surface area contributed by atoms with Crippen molar-refractivity contribution in [1.82, 2.24) is 5.32 Å². The van der Waals surface area contributed by atoms with Gasteiger partial charge in [-0.2, -0.15) is 0 Å². The molecule has 1 aromatic rings. The molecule has 1 aliphatic carbocycles. The van der Waals surface area contributed by atoms with Gasteiger partial charge >= 0.3 is 0 Å². The van der Waals surface area contributed by atoms with E-state index >= 15 is 0 Å². The summed E-state index contributed by atoms with van der Waals surface area (Å²) in [4.78, 5) is 0. The number of thioether (sulfide) groups is 1. The Kier molecular flexibility index (Phi) is 5.20. The van der Waals surface area contributed by atoms with Gasteiger partial charge in [-0.15, -0.1) is 23.1 Å². The predicted octanol–water partition coefficient (Wildman–Crippen LogP) is 4.01. The molecule has 2 atom stereocenters. The molecule has 3 heteroatoms. The lowest BCUT2D eigenvalue weighted by Crippen LogP contribution is -2.32. The van der Waals surface area contributed by atoms with Gasteiger partial charge in [-0.1, -0.05) is 19.4 Å². The Morgan fingerprint density at radius 1 is 1.50 bits per heavy atom. The number of rotatable bonds is 6. The summed E-state index contributed by atoms with van der Waals surface area (Å²) in [5, 5.41) is 5.80. The minimum absolute atomic E-state index is 0.800. The van der Waals surface area contributed by atoms with Crippen LogP contribution in [0.2, 0.25) is 0 Å². The second-order valence-corrected chi connectivity index (χ2v) is 6.77. The van der Waals surface area contributed by atoms with E-state index in [0.717, 1.165) is 18.5 Å². The van der Waals surface area contributed by atoms with Crippen molar-refractivity contribution >= 4 is 23.1 Å². The number of nitrogens with one attached hydrogen (secondary N) is 1. The van der Waals surface area contributed by atoms with Crippen LogP contribution in [0.4, 0.5) is 0 Å². The van der Waals surface area contributed by atoms with E-state index in [1.54, 1.807) is 0 Å². The average molecular weight is 255 g/mol. The molecule has 1 nitrogen and oxygen atoms in total. The molecule has 1 aromatic heterocycles. The normalized spacial score (nSPS) is 25.1. The summed E-state index contributed by atoms with van der Waals surface area (Å²) < 4.78 is 1.47. The summed E-state index contributed by atoms with van der Waals surface area (Å²) in [6.45, 7) is 3.34. The van der Waals surface area contributed by atoms with Crippen molar-refractivity contribution in [1.29, 1.82) is 0 Å². The molecule has 1 fully saturated rings. The Labute approximate surface area is 107 Å². The average Bonchev–Trinajstić information content (AvgIpc) is 2.91. The van der Waals surface area contributed by atoms with E-state index in [2.05, 4.69) is 29.8 Å². The first-order valence-electron chi connectivity index (χ1n) is 6.30. The topological polar surface area (TPSA) is 12.0 Å². The van der Waals surface area contributed by atoms with Crippen molar-refractivity contribution in [3.05, 3.63) is 17.5 Å². The molecular formula is C13H21NS2. The quantitative estimate of drug-likeness (QED) is 0.771. The summed E-state index contributed by atoms with van der Waals surface area (Å²) in [6, 6.07) is 5.17. The zero-order valence-corrected chi connectivity index (χ0v) is 11.6. The van der Waals surface area contributed by atoms with Gasteiger partial charge in [-0.3, -0.25) is 0 Å². The fourth-order valence-electron chi connectivity index (χ4n) is 2.57. The first-order chi connectivity index (χ1) is 7.90. The van der Waals surface area contributed by atoms with Crippen molar-refractivity contribution in [3.8, 4) is 0 Å². The molecular weight excluding hydrogens is 234 g/mol. The third kappa shape index (κ3) is 3.51. The standard InChI is InChI=1S/C13H21NS2/c1-2-14-12-6-3-5-11(12)8-10-16-13-7-4-9-15-13/h4,7,9,11-12,14H,2-3,5-6,8,10H2,1H3. The van der Waals surface area contributed by atoms with Gasteiger partial charge in [0.15, 0.2) is 0 Å². The zero-order chi connectivity index (χ0) is 11.2. The lowest BCUT2D eigenvalue weighted by molar-refractivity contribution is 0.400. The maximum Gasteiger partial charge on any atom is 0.0598 e. The molecule has 1 saturated carbocycles. The molecule has 1 N–H and O–H groups in total. The fraction of sp³-hybridized carbons (Fsp3) is 0.692. The molecule has 2 rings (SSSR count). The Morgan fingerprint density at radius 2 is 2.44 bits per heavy atom. The van der Waals surface area contributed by atoms with E-state index in [0.29, 0.717) is 0 Å². The highest BCUT2D eigenvalue weighted by molar-refractivity contribution is 8.01. The Bertz CT molecular complexity index is 284. The summed E-state index contributed by atoms with van der Waals surface area (Å²) in [6.07, 6.45) is 5.62. The van der Waals surface area contributed by atoms with Crippen LogP contribution in [0.15, 0.2) is 21.7 Å². The van der Waals surface area contributed by atoms with Crippen molar-refractivity contribution in [2.24, 2.45) is 5.92 Å². The molecule has 0 amide bonds. The molecule has 0 saturated heterocycles. The summed E-state index contributed by atoms with van der Waals surface area (Å²) >= 11 is 3.89. The third-order valence-electron chi connectivity index (χ3n) is 3.35. The zero-order valence-electron chi connectivity index (χ0n) is 9.95. The molecule has 0 radical (unpaired) electrons. The highest BCUT2D eigenvalue weighted by atomic mass is 32.2. The van der Waals surface area contributed by atoms with E-state index < -0.39 is 0 Å². The summed E-state index contributed by atoms with van der Waals surface area (Å²) in [5.41, 5.74) is 0. The molecule has 1 heterocycles. The Balaban J connectivity index is 1.69. The molecule has 90 valence electrons. The molecule has 1 aliphatic rings. The van der Waals surface area contributed by atoms with Gasteiger partial charge in [0.25, 0.3) is 0 Å². The van der Waals surface area contributed by atoms with Gasteiger partial charge in [0.05, 0.1) is 4.21 Å². The fourth-order valence-corrected chi connectivity index (χ4v) is 4.50. The predicted molar refractivity (Wildman–Crippen MR) is 74.5 cm³/mol. The molecule has 0 bridgehead atoms. The van der Waals surface area contributed by atoms with Crippen LogP contribution in [-0.2, 0) is 0 Å². The minimum Gasteiger partial charge on any atom is -0.314 e. The summed E-state index contributed by atoms with van der Waals surface area (Å²) in [5.74, 6) is 2.21. The molecule has 2 unspecified atom stereocenters. The monoisotopic (exact) mass is 255 g/mol. The molecule has 0 aliphatic heterocycles. The van der Waals surface area contributed by atoms with Gasteiger partial charge in [0.2, 0.25) is 0 Å². The maximum atomic E-state index is 3.63. The van der Waals surface area contributed by atoms with Gasteiger partial charge in [0.1, 0.15) is 0 Å². The molecule has 16 heavy (non-hydrogen) atoms. The number of hydrogen-bond acceptors (Lipinski definition) is 3. The van der Waals surface area contributed by atoms with Crippen LogP contribution >= 0.6 is 23.1 Å². The lowest BCUT2D eigenvalue weighted by atomic mass is 10.0. The SMILES string of the molecule is CCNC1CCCC1CCSc1cccs1. The first kappa shape index (κ1) is 12.5. The highest BCUT2D eigenvalue weighted by Crippen LogP contribution is 2.31. The van der Waals surface area contributed by atoms with Crippen LogP contribution in [0.5, 0.6) is 0 Å². The van der Waals surface area contributed by atoms with Crippen LogP contribution in [0.1, 0.15) is 32.6 Å². The smallest absolute Gasteiger partial charge is 0.0598 e. The lowest BCUT2D eigenvalue weighted by Gasteiger charge is -2.19. The van der Waals surface area contributed by atoms with Gasteiger partial charge in [0, 0.05) is 6.04 Å². The van der Waals surface area contributed by atoms with E-state index in [-0.39, 0.29) is 0 Å². The van der Waals surface area contributed by atoms with Gasteiger partial charge in [-0.25, -0.2) is 0 Å². The minimum atomic E-state index is 0.800. The largest absolute Gasteiger partial charge is 0.314 e. The van der Waals surface area contributed by atoms with E-state index in [4.69, 9.17) is 0 Å². The third-order valence-corrected chi connectivity index (χ3v) is 5.52. The van der Waals surface area contributed by atoms with Crippen molar-refractivity contribution in [2.45, 2.75) is 42.9 Å². The maximum absolute atomic E-state index is 3.63. The highest BCUT2D eigenvalue weighted by Gasteiger charge is 2.25. The van der Waals surface area contributed by atoms with Crippen LogP contribution in [0, 0.1) is 5.92 Å². The van der Waals surface area contributed by atoms with Crippen molar-refractivity contribution in [2.75, 3.05) is 12.3 Å². The van der Waals surface area contributed by atoms with Gasteiger partial charge < -0.3 is 5.32 Å². The molecule has 0 spiro atoms. The van der Waals surface area contributed by atoms with Crippen LogP contribution in [0.25, 0.3) is 0 Å². The van der Waals surface area contributed by atoms with Crippen LogP contribution in [-0.4, -0.2) is 18.3 Å². The number of hydrogen-bond donors (Lipinski definition) is 1. The van der Waals surface area contributed by atoms with E-state index in [9.17, 15) is 0 Å². The first-order valence-corrected chi connectivity index (χ1v) is 8.16. The Morgan fingerprint density at radius 3 is 3.19 bits per heavy atom. The van der Waals surface area contributed by atoms with Crippen LogP contribution < -0.4 is 5.32 Å². The second kappa shape index (κ2) is 6.67. The van der Waals surface area contributed by atoms with E-state index in [1.165, 1.54) is 35.6 Å². The van der Waals surface area contributed by atoms with Crippen LogP contribution in [0.3, 0.4) is 0 Å².